The Bertz CT molecular complexity index is 324. The predicted octanol–water partition coefficient (Wildman–Crippen LogP) is -0.419. The summed E-state index contributed by atoms with van der Waals surface area (Å²) in [6, 6.07) is 0. The molecular formula is C12H21N3O2. The summed E-state index contributed by atoms with van der Waals surface area (Å²) >= 11 is 0. The SMILES string of the molecule is CNC(=O)CN(C)C(=O)C1CC12CCNCC2. The molecule has 2 N–H and O–H groups in total. The van der Waals surface area contributed by atoms with Crippen molar-refractivity contribution in [3.05, 3.63) is 0 Å². The molecule has 0 bridgehead atoms. The van der Waals surface area contributed by atoms with E-state index in [-0.39, 0.29) is 29.7 Å². The average molecular weight is 239 g/mol. The summed E-state index contributed by atoms with van der Waals surface area (Å²) in [6.07, 6.45) is 3.19. The molecule has 0 aromatic rings. The molecule has 5 nitrogen and oxygen atoms in total. The molecule has 1 atom stereocenters. The monoisotopic (exact) mass is 239 g/mol. The summed E-state index contributed by atoms with van der Waals surface area (Å²) in [5.41, 5.74) is 0.249. The van der Waals surface area contributed by atoms with Crippen LogP contribution in [0.15, 0.2) is 0 Å². The third-order valence-electron chi connectivity index (χ3n) is 4.12. The first-order chi connectivity index (χ1) is 8.09. The second kappa shape index (κ2) is 4.64. The van der Waals surface area contributed by atoms with Gasteiger partial charge in [-0.05, 0) is 37.8 Å². The van der Waals surface area contributed by atoms with Gasteiger partial charge in [0.15, 0.2) is 0 Å². The van der Waals surface area contributed by atoms with E-state index in [4.69, 9.17) is 0 Å². The molecule has 2 aliphatic rings. The molecule has 96 valence electrons. The summed E-state index contributed by atoms with van der Waals surface area (Å²) in [6.45, 7) is 2.20. The van der Waals surface area contributed by atoms with E-state index in [0.717, 1.165) is 32.4 Å². The molecule has 1 aliphatic heterocycles. The van der Waals surface area contributed by atoms with Crippen molar-refractivity contribution in [2.45, 2.75) is 19.3 Å². The molecule has 0 aromatic carbocycles. The molecule has 0 radical (unpaired) electrons. The Morgan fingerprint density at radius 3 is 2.65 bits per heavy atom. The Hall–Kier alpha value is -1.10. The summed E-state index contributed by atoms with van der Waals surface area (Å²) in [5.74, 6) is 0.176. The van der Waals surface area contributed by atoms with Gasteiger partial charge in [-0.3, -0.25) is 9.59 Å². The number of carbonyl (C=O) groups is 2. The first-order valence-electron chi connectivity index (χ1n) is 6.25. The summed E-state index contributed by atoms with van der Waals surface area (Å²) in [7, 11) is 3.30. The van der Waals surface area contributed by atoms with Crippen LogP contribution < -0.4 is 10.6 Å². The van der Waals surface area contributed by atoms with Crippen LogP contribution >= 0.6 is 0 Å². The Morgan fingerprint density at radius 2 is 2.06 bits per heavy atom. The van der Waals surface area contributed by atoms with Crippen LogP contribution in [0.5, 0.6) is 0 Å². The molecule has 2 amide bonds. The molecule has 1 aliphatic carbocycles. The Labute approximate surface area is 102 Å². The van der Waals surface area contributed by atoms with Gasteiger partial charge in [-0.2, -0.15) is 0 Å². The lowest BCUT2D eigenvalue weighted by atomic mass is 9.91. The first-order valence-corrected chi connectivity index (χ1v) is 6.25. The Kier molecular flexibility index (Phi) is 3.38. The maximum absolute atomic E-state index is 12.2. The van der Waals surface area contributed by atoms with Gasteiger partial charge >= 0.3 is 0 Å². The fourth-order valence-electron chi connectivity index (χ4n) is 2.81. The van der Waals surface area contributed by atoms with Gasteiger partial charge in [0.05, 0.1) is 6.54 Å². The van der Waals surface area contributed by atoms with Crippen LogP contribution in [0.25, 0.3) is 0 Å². The van der Waals surface area contributed by atoms with Gasteiger partial charge in [0.25, 0.3) is 0 Å². The average Bonchev–Trinajstić information content (AvgIpc) is 3.02. The van der Waals surface area contributed by atoms with Gasteiger partial charge in [0, 0.05) is 20.0 Å². The highest BCUT2D eigenvalue weighted by molar-refractivity contribution is 5.87. The number of piperidine rings is 1. The van der Waals surface area contributed by atoms with Crippen molar-refractivity contribution in [1.29, 1.82) is 0 Å². The minimum atomic E-state index is -0.110. The normalized spacial score (nSPS) is 25.4. The van der Waals surface area contributed by atoms with Gasteiger partial charge in [0.1, 0.15) is 0 Å². The summed E-state index contributed by atoms with van der Waals surface area (Å²) in [4.78, 5) is 24.9. The smallest absolute Gasteiger partial charge is 0.239 e. The zero-order valence-electron chi connectivity index (χ0n) is 10.6. The molecule has 1 unspecified atom stereocenters. The largest absolute Gasteiger partial charge is 0.358 e. The number of amides is 2. The molecule has 17 heavy (non-hydrogen) atoms. The van der Waals surface area contributed by atoms with E-state index >= 15 is 0 Å². The highest BCUT2D eigenvalue weighted by atomic mass is 16.2. The van der Waals surface area contributed by atoms with Crippen molar-refractivity contribution in [3.63, 3.8) is 0 Å². The lowest BCUT2D eigenvalue weighted by molar-refractivity contribution is -0.136. The van der Waals surface area contributed by atoms with E-state index in [9.17, 15) is 9.59 Å². The molecule has 1 saturated carbocycles. The molecule has 2 rings (SSSR count). The quantitative estimate of drug-likeness (QED) is 0.703. The fourth-order valence-corrected chi connectivity index (χ4v) is 2.81. The van der Waals surface area contributed by atoms with E-state index < -0.39 is 0 Å². The second-order valence-corrected chi connectivity index (χ2v) is 5.24. The van der Waals surface area contributed by atoms with Crippen LogP contribution in [0.3, 0.4) is 0 Å². The number of nitrogens with one attached hydrogen (secondary N) is 2. The van der Waals surface area contributed by atoms with Crippen molar-refractivity contribution in [3.8, 4) is 0 Å². The van der Waals surface area contributed by atoms with E-state index in [1.54, 1.807) is 19.0 Å². The van der Waals surface area contributed by atoms with Crippen molar-refractivity contribution < 1.29 is 9.59 Å². The van der Waals surface area contributed by atoms with E-state index in [2.05, 4.69) is 10.6 Å². The summed E-state index contributed by atoms with van der Waals surface area (Å²) < 4.78 is 0. The molecule has 1 heterocycles. The number of hydrogen-bond donors (Lipinski definition) is 2. The van der Waals surface area contributed by atoms with Gasteiger partial charge in [0.2, 0.25) is 11.8 Å². The minimum Gasteiger partial charge on any atom is -0.358 e. The topological polar surface area (TPSA) is 61.4 Å². The van der Waals surface area contributed by atoms with Crippen LogP contribution in [0.2, 0.25) is 0 Å². The first kappa shape index (κ1) is 12.4. The van der Waals surface area contributed by atoms with Crippen molar-refractivity contribution in [2.24, 2.45) is 11.3 Å². The summed E-state index contributed by atoms with van der Waals surface area (Å²) in [5, 5.41) is 5.86. The fraction of sp³-hybridized carbons (Fsp3) is 0.833. The standard InChI is InChI=1S/C12H21N3O2/c1-13-10(16)8-15(2)11(17)9-7-12(9)3-5-14-6-4-12/h9,14H,3-8H2,1-2H3,(H,13,16). The van der Waals surface area contributed by atoms with Gasteiger partial charge in [-0.1, -0.05) is 0 Å². The van der Waals surface area contributed by atoms with Crippen LogP contribution in [0.1, 0.15) is 19.3 Å². The van der Waals surface area contributed by atoms with Crippen LogP contribution in [0.4, 0.5) is 0 Å². The van der Waals surface area contributed by atoms with Gasteiger partial charge in [-0.25, -0.2) is 0 Å². The van der Waals surface area contributed by atoms with Gasteiger partial charge in [-0.15, -0.1) is 0 Å². The number of carbonyl (C=O) groups excluding carboxylic acids is 2. The number of rotatable bonds is 3. The van der Waals surface area contributed by atoms with Crippen molar-refractivity contribution in [1.82, 2.24) is 15.5 Å². The van der Waals surface area contributed by atoms with Crippen molar-refractivity contribution in [2.75, 3.05) is 33.7 Å². The molecule has 1 saturated heterocycles. The van der Waals surface area contributed by atoms with E-state index in [0.29, 0.717) is 0 Å². The molecule has 0 aromatic heterocycles. The Balaban J connectivity index is 1.87. The van der Waals surface area contributed by atoms with Gasteiger partial charge < -0.3 is 15.5 Å². The van der Waals surface area contributed by atoms with E-state index in [1.165, 1.54) is 0 Å². The zero-order chi connectivity index (χ0) is 12.5. The number of hydrogen-bond acceptors (Lipinski definition) is 3. The maximum atomic E-state index is 12.2. The molecular weight excluding hydrogens is 218 g/mol. The lowest BCUT2D eigenvalue weighted by Gasteiger charge is -2.24. The molecule has 2 fully saturated rings. The maximum Gasteiger partial charge on any atom is 0.239 e. The van der Waals surface area contributed by atoms with Crippen LogP contribution in [-0.4, -0.2) is 50.4 Å². The Morgan fingerprint density at radius 1 is 1.41 bits per heavy atom. The number of likely N-dealkylation sites (N-methyl/N-ethyl adjacent to an activating group) is 2. The zero-order valence-corrected chi connectivity index (χ0v) is 10.6. The third kappa shape index (κ3) is 2.44. The third-order valence-corrected chi connectivity index (χ3v) is 4.12. The molecule has 5 heteroatoms. The minimum absolute atomic E-state index is 0.110. The number of nitrogens with zero attached hydrogens (tertiary/aromatic N) is 1. The molecule has 1 spiro atoms. The highest BCUT2D eigenvalue weighted by Gasteiger charge is 2.58. The second-order valence-electron chi connectivity index (χ2n) is 5.24. The highest BCUT2D eigenvalue weighted by Crippen LogP contribution is 2.59. The lowest BCUT2D eigenvalue weighted by Crippen LogP contribution is -2.39. The van der Waals surface area contributed by atoms with Crippen molar-refractivity contribution >= 4 is 11.8 Å². The van der Waals surface area contributed by atoms with Crippen LogP contribution in [-0.2, 0) is 9.59 Å². The predicted molar refractivity (Wildman–Crippen MR) is 64.3 cm³/mol. The van der Waals surface area contributed by atoms with E-state index in [1.807, 2.05) is 0 Å². The van der Waals surface area contributed by atoms with Crippen LogP contribution in [0, 0.1) is 11.3 Å².